The first-order valence-corrected chi connectivity index (χ1v) is 8.32. The number of pyridine rings is 1. The zero-order valence-electron chi connectivity index (χ0n) is 14.4. The largest absolute Gasteiger partial charge is 0.573 e. The summed E-state index contributed by atoms with van der Waals surface area (Å²) < 4.78 is 43.4. The molecule has 0 aliphatic rings. The van der Waals surface area contributed by atoms with Crippen molar-refractivity contribution >= 4 is 11.5 Å². The van der Waals surface area contributed by atoms with Gasteiger partial charge in [0.2, 0.25) is 0 Å². The van der Waals surface area contributed by atoms with E-state index in [2.05, 4.69) is 25.1 Å². The highest BCUT2D eigenvalue weighted by Crippen LogP contribution is 2.27. The number of nitrogens with zero attached hydrogens (tertiary/aromatic N) is 4. The number of nitrogens with one attached hydrogen (secondary N) is 1. The maximum Gasteiger partial charge on any atom is 0.573 e. The van der Waals surface area contributed by atoms with Gasteiger partial charge in [0.25, 0.3) is 0 Å². The van der Waals surface area contributed by atoms with Crippen LogP contribution in [0.4, 0.5) is 19.0 Å². The molecule has 0 fully saturated rings. The average molecular weight is 385 g/mol. The van der Waals surface area contributed by atoms with Crippen molar-refractivity contribution in [3.63, 3.8) is 0 Å². The summed E-state index contributed by atoms with van der Waals surface area (Å²) >= 11 is 0. The number of hydrogen-bond donors (Lipinski definition) is 1. The van der Waals surface area contributed by atoms with Crippen molar-refractivity contribution in [3.8, 4) is 17.0 Å². The Hall–Kier alpha value is -3.62. The SMILES string of the molecule is FC(F)(F)Oc1ccccc1CNc1ccc2ncc(-c3ccncc3)n2n1. The van der Waals surface area contributed by atoms with Gasteiger partial charge in [0.15, 0.2) is 5.65 Å². The molecule has 0 amide bonds. The van der Waals surface area contributed by atoms with Gasteiger partial charge in [-0.25, -0.2) is 9.50 Å². The zero-order valence-corrected chi connectivity index (χ0v) is 14.4. The Kier molecular flexibility index (Phi) is 4.56. The quantitative estimate of drug-likeness (QED) is 0.555. The normalized spacial score (nSPS) is 11.5. The van der Waals surface area contributed by atoms with Crippen LogP contribution >= 0.6 is 0 Å². The van der Waals surface area contributed by atoms with Gasteiger partial charge in [0, 0.05) is 30.1 Å². The highest BCUT2D eigenvalue weighted by Gasteiger charge is 2.31. The van der Waals surface area contributed by atoms with E-state index >= 15 is 0 Å². The Morgan fingerprint density at radius 3 is 2.57 bits per heavy atom. The summed E-state index contributed by atoms with van der Waals surface area (Å²) in [4.78, 5) is 8.31. The highest BCUT2D eigenvalue weighted by molar-refractivity contribution is 5.63. The van der Waals surface area contributed by atoms with E-state index in [1.807, 2.05) is 12.1 Å². The standard InChI is InChI=1S/C19H14F3N5O/c20-19(21,22)28-16-4-2-1-3-14(16)11-24-17-5-6-18-25-12-15(27(18)26-17)13-7-9-23-10-8-13/h1-10,12H,11H2,(H,24,26). The molecule has 0 unspecified atom stereocenters. The maximum absolute atomic E-state index is 12.6. The number of para-hydroxylation sites is 1. The molecule has 0 radical (unpaired) electrons. The number of anilines is 1. The molecule has 1 aromatic carbocycles. The van der Waals surface area contributed by atoms with Crippen molar-refractivity contribution < 1.29 is 17.9 Å². The van der Waals surface area contributed by atoms with Crippen molar-refractivity contribution in [2.24, 2.45) is 0 Å². The molecule has 3 heterocycles. The molecule has 0 saturated carbocycles. The summed E-state index contributed by atoms with van der Waals surface area (Å²) in [6.45, 7) is 0.115. The van der Waals surface area contributed by atoms with Crippen molar-refractivity contribution in [3.05, 3.63) is 72.7 Å². The predicted octanol–water partition coefficient (Wildman–Crippen LogP) is 4.30. The van der Waals surface area contributed by atoms with Crippen LogP contribution in [0.3, 0.4) is 0 Å². The van der Waals surface area contributed by atoms with Gasteiger partial charge in [-0.05, 0) is 30.3 Å². The molecule has 4 aromatic rings. The highest BCUT2D eigenvalue weighted by atomic mass is 19.4. The molecule has 6 nitrogen and oxygen atoms in total. The second kappa shape index (κ2) is 7.18. The molecule has 28 heavy (non-hydrogen) atoms. The van der Waals surface area contributed by atoms with Crippen molar-refractivity contribution in [2.75, 3.05) is 5.32 Å². The fraction of sp³-hybridized carbons (Fsp3) is 0.105. The van der Waals surface area contributed by atoms with E-state index in [1.165, 1.54) is 12.1 Å². The van der Waals surface area contributed by atoms with Crippen LogP contribution in [0.2, 0.25) is 0 Å². The zero-order chi connectivity index (χ0) is 19.6. The van der Waals surface area contributed by atoms with E-state index in [-0.39, 0.29) is 12.3 Å². The number of rotatable bonds is 5. The van der Waals surface area contributed by atoms with Crippen molar-refractivity contribution in [2.45, 2.75) is 12.9 Å². The van der Waals surface area contributed by atoms with Gasteiger partial charge < -0.3 is 10.1 Å². The van der Waals surface area contributed by atoms with E-state index in [1.54, 1.807) is 47.4 Å². The van der Waals surface area contributed by atoms with E-state index in [9.17, 15) is 13.2 Å². The van der Waals surface area contributed by atoms with Gasteiger partial charge in [-0.15, -0.1) is 18.3 Å². The van der Waals surface area contributed by atoms with Gasteiger partial charge >= 0.3 is 6.36 Å². The summed E-state index contributed by atoms with van der Waals surface area (Å²) in [5, 5.41) is 7.52. The van der Waals surface area contributed by atoms with Crippen LogP contribution in [0.1, 0.15) is 5.56 Å². The molecule has 0 aliphatic heterocycles. The van der Waals surface area contributed by atoms with Gasteiger partial charge in [-0.2, -0.15) is 0 Å². The van der Waals surface area contributed by atoms with E-state index in [0.717, 1.165) is 11.3 Å². The third-order valence-corrected chi connectivity index (χ3v) is 4.00. The molecular weight excluding hydrogens is 371 g/mol. The summed E-state index contributed by atoms with van der Waals surface area (Å²) in [5.41, 5.74) is 2.69. The topological polar surface area (TPSA) is 64.3 Å². The Balaban J connectivity index is 1.58. The molecule has 0 spiro atoms. The lowest BCUT2D eigenvalue weighted by Crippen LogP contribution is -2.18. The summed E-state index contributed by atoms with van der Waals surface area (Å²) in [7, 11) is 0. The van der Waals surface area contributed by atoms with E-state index in [4.69, 9.17) is 0 Å². The first-order valence-electron chi connectivity index (χ1n) is 8.32. The second-order valence-corrected chi connectivity index (χ2v) is 5.88. The van der Waals surface area contributed by atoms with Gasteiger partial charge in [0.1, 0.15) is 11.6 Å². The number of ether oxygens (including phenoxy) is 1. The fourth-order valence-electron chi connectivity index (χ4n) is 2.75. The van der Waals surface area contributed by atoms with Crippen LogP contribution < -0.4 is 10.1 Å². The first kappa shape index (κ1) is 17.8. The van der Waals surface area contributed by atoms with Crippen LogP contribution in [0.25, 0.3) is 16.9 Å². The summed E-state index contributed by atoms with van der Waals surface area (Å²) in [6, 6.07) is 13.1. The molecule has 142 valence electrons. The third kappa shape index (κ3) is 3.88. The minimum atomic E-state index is -4.75. The summed E-state index contributed by atoms with van der Waals surface area (Å²) in [5.74, 6) is 0.242. The maximum atomic E-state index is 12.6. The number of hydrogen-bond acceptors (Lipinski definition) is 5. The number of alkyl halides is 3. The number of aromatic nitrogens is 4. The molecule has 0 atom stereocenters. The number of benzene rings is 1. The molecule has 4 rings (SSSR count). The van der Waals surface area contributed by atoms with Crippen LogP contribution in [-0.4, -0.2) is 25.9 Å². The fourth-order valence-corrected chi connectivity index (χ4v) is 2.75. The molecule has 0 saturated heterocycles. The predicted molar refractivity (Wildman–Crippen MR) is 96.7 cm³/mol. The van der Waals surface area contributed by atoms with E-state index in [0.29, 0.717) is 17.0 Å². The number of imidazole rings is 1. The average Bonchev–Trinajstić information content (AvgIpc) is 3.10. The summed E-state index contributed by atoms with van der Waals surface area (Å²) in [6.07, 6.45) is 0.306. The molecule has 1 N–H and O–H groups in total. The lowest BCUT2D eigenvalue weighted by molar-refractivity contribution is -0.274. The van der Waals surface area contributed by atoms with Crippen LogP contribution in [0.5, 0.6) is 5.75 Å². The smallest absolute Gasteiger partial charge is 0.405 e. The first-order chi connectivity index (χ1) is 13.5. The Morgan fingerprint density at radius 1 is 1.00 bits per heavy atom. The molecule has 0 aliphatic carbocycles. The lowest BCUT2D eigenvalue weighted by atomic mass is 10.2. The Bertz CT molecular complexity index is 1100. The minimum absolute atomic E-state index is 0.115. The van der Waals surface area contributed by atoms with Crippen LogP contribution in [0.15, 0.2) is 67.1 Å². The van der Waals surface area contributed by atoms with Gasteiger partial charge in [0.05, 0.1) is 11.9 Å². The third-order valence-electron chi connectivity index (χ3n) is 4.00. The van der Waals surface area contributed by atoms with E-state index < -0.39 is 6.36 Å². The number of halogens is 3. The van der Waals surface area contributed by atoms with Crippen LogP contribution in [0, 0.1) is 0 Å². The molecular formula is C19H14F3N5O. The number of fused-ring (bicyclic) bond motifs is 1. The van der Waals surface area contributed by atoms with Crippen molar-refractivity contribution in [1.29, 1.82) is 0 Å². The van der Waals surface area contributed by atoms with Gasteiger partial charge in [-0.3, -0.25) is 4.98 Å². The Morgan fingerprint density at radius 2 is 1.79 bits per heavy atom. The second-order valence-electron chi connectivity index (χ2n) is 5.88. The molecule has 9 heteroatoms. The minimum Gasteiger partial charge on any atom is -0.405 e. The molecule has 3 aromatic heterocycles. The van der Waals surface area contributed by atoms with Gasteiger partial charge in [-0.1, -0.05) is 18.2 Å². The Labute approximate surface area is 157 Å². The monoisotopic (exact) mass is 385 g/mol. The van der Waals surface area contributed by atoms with Crippen molar-refractivity contribution in [1.82, 2.24) is 19.6 Å². The molecule has 0 bridgehead atoms. The van der Waals surface area contributed by atoms with Crippen LogP contribution in [-0.2, 0) is 6.54 Å². The lowest BCUT2D eigenvalue weighted by Gasteiger charge is -2.14.